The summed E-state index contributed by atoms with van der Waals surface area (Å²) in [4.78, 5) is 19.1. The van der Waals surface area contributed by atoms with Gasteiger partial charge in [-0.25, -0.2) is 9.97 Å². The highest BCUT2D eigenvalue weighted by Gasteiger charge is 2.33. The van der Waals surface area contributed by atoms with Crippen LogP contribution < -0.4 is 5.32 Å². The number of thioether (sulfide) groups is 1. The Labute approximate surface area is 139 Å². The molecule has 23 heavy (non-hydrogen) atoms. The van der Waals surface area contributed by atoms with Crippen LogP contribution in [0.4, 0.5) is 18.9 Å². The Morgan fingerprint density at radius 1 is 1.30 bits per heavy atom. The topological polar surface area (TPSA) is 54.9 Å². The third kappa shape index (κ3) is 5.40. The van der Waals surface area contributed by atoms with Crippen molar-refractivity contribution in [1.29, 1.82) is 0 Å². The van der Waals surface area contributed by atoms with E-state index in [1.165, 1.54) is 6.92 Å². The number of hydrogen-bond acceptors (Lipinski definition) is 4. The molecule has 9 heteroatoms. The van der Waals surface area contributed by atoms with Gasteiger partial charge in [0.2, 0.25) is 5.91 Å². The molecule has 1 aromatic heterocycles. The van der Waals surface area contributed by atoms with E-state index in [0.717, 1.165) is 17.8 Å². The lowest BCUT2D eigenvalue weighted by Crippen LogP contribution is -2.15. The van der Waals surface area contributed by atoms with Gasteiger partial charge < -0.3 is 5.32 Å². The molecule has 122 valence electrons. The molecular formula is C14H11ClF3N3OS. The third-order valence-corrected chi connectivity index (χ3v) is 3.65. The number of rotatable bonds is 4. The zero-order chi connectivity index (χ0) is 17.0. The van der Waals surface area contributed by atoms with Crippen molar-refractivity contribution >= 4 is 35.0 Å². The molecule has 0 radical (unpaired) electrons. The van der Waals surface area contributed by atoms with Gasteiger partial charge in [0.25, 0.3) is 0 Å². The molecular weight excluding hydrogens is 351 g/mol. The second-order valence-electron chi connectivity index (χ2n) is 4.52. The Morgan fingerprint density at radius 3 is 2.70 bits per heavy atom. The normalized spacial score (nSPS) is 11.3. The van der Waals surface area contributed by atoms with E-state index in [9.17, 15) is 18.0 Å². The SMILES string of the molecule is Cc1cc(C(F)(F)F)nc(SCC(=O)Nc2cccc(Cl)c2)n1. The average Bonchev–Trinajstić information content (AvgIpc) is 2.44. The predicted octanol–water partition coefficient (Wildman–Crippen LogP) is 4.19. The van der Waals surface area contributed by atoms with Crippen LogP contribution in [0.25, 0.3) is 0 Å². The van der Waals surface area contributed by atoms with Crippen molar-refractivity contribution in [2.75, 3.05) is 11.1 Å². The maximum absolute atomic E-state index is 12.7. The van der Waals surface area contributed by atoms with Crippen LogP contribution in [0, 0.1) is 6.92 Å². The fraction of sp³-hybridized carbons (Fsp3) is 0.214. The minimum atomic E-state index is -4.55. The number of carbonyl (C=O) groups is 1. The molecule has 0 aliphatic carbocycles. The Balaban J connectivity index is 2.00. The number of anilines is 1. The number of benzene rings is 1. The van der Waals surface area contributed by atoms with Crippen molar-refractivity contribution < 1.29 is 18.0 Å². The van der Waals surface area contributed by atoms with Gasteiger partial charge in [0.05, 0.1) is 5.75 Å². The van der Waals surface area contributed by atoms with E-state index in [0.29, 0.717) is 10.7 Å². The smallest absolute Gasteiger partial charge is 0.325 e. The summed E-state index contributed by atoms with van der Waals surface area (Å²) in [5.41, 5.74) is -0.336. The molecule has 1 heterocycles. The van der Waals surface area contributed by atoms with Crippen LogP contribution in [-0.2, 0) is 11.0 Å². The third-order valence-electron chi connectivity index (χ3n) is 2.56. The van der Waals surface area contributed by atoms with Gasteiger partial charge in [-0.3, -0.25) is 4.79 Å². The van der Waals surface area contributed by atoms with Gasteiger partial charge in [0, 0.05) is 16.4 Å². The summed E-state index contributed by atoms with van der Waals surface area (Å²) in [5, 5.41) is 2.96. The zero-order valence-electron chi connectivity index (χ0n) is 11.8. The van der Waals surface area contributed by atoms with Crippen LogP contribution in [-0.4, -0.2) is 21.6 Å². The molecule has 2 rings (SSSR count). The van der Waals surface area contributed by atoms with Gasteiger partial charge in [-0.1, -0.05) is 29.4 Å². The molecule has 0 aliphatic rings. The van der Waals surface area contributed by atoms with Crippen molar-refractivity contribution in [3.05, 3.63) is 46.7 Å². The van der Waals surface area contributed by atoms with Gasteiger partial charge in [0.15, 0.2) is 5.16 Å². The van der Waals surface area contributed by atoms with Crippen molar-refractivity contribution in [2.24, 2.45) is 0 Å². The van der Waals surface area contributed by atoms with E-state index in [1.807, 2.05) is 0 Å². The second-order valence-corrected chi connectivity index (χ2v) is 5.90. The van der Waals surface area contributed by atoms with Gasteiger partial charge in [-0.2, -0.15) is 13.2 Å². The number of amides is 1. The molecule has 0 aliphatic heterocycles. The summed E-state index contributed by atoms with van der Waals surface area (Å²) < 4.78 is 38.0. The summed E-state index contributed by atoms with van der Waals surface area (Å²) in [5.74, 6) is -0.510. The highest BCUT2D eigenvalue weighted by atomic mass is 35.5. The first-order valence-electron chi connectivity index (χ1n) is 6.35. The molecule has 0 saturated heterocycles. The summed E-state index contributed by atoms with van der Waals surface area (Å²) >= 11 is 6.62. The summed E-state index contributed by atoms with van der Waals surface area (Å²) in [6.07, 6.45) is -4.55. The molecule has 0 saturated carbocycles. The highest BCUT2D eigenvalue weighted by Crippen LogP contribution is 2.29. The number of aromatic nitrogens is 2. The molecule has 1 N–H and O–H groups in total. The highest BCUT2D eigenvalue weighted by molar-refractivity contribution is 7.99. The lowest BCUT2D eigenvalue weighted by Gasteiger charge is -2.09. The molecule has 1 amide bonds. The van der Waals surface area contributed by atoms with Gasteiger partial charge >= 0.3 is 6.18 Å². The monoisotopic (exact) mass is 361 g/mol. The van der Waals surface area contributed by atoms with E-state index < -0.39 is 17.8 Å². The molecule has 2 aromatic rings. The minimum absolute atomic E-state index is 0.0985. The number of hydrogen-bond donors (Lipinski definition) is 1. The van der Waals surface area contributed by atoms with Crippen LogP contribution in [0.15, 0.2) is 35.5 Å². The van der Waals surface area contributed by atoms with Crippen LogP contribution in [0.2, 0.25) is 5.02 Å². The van der Waals surface area contributed by atoms with E-state index >= 15 is 0 Å². The van der Waals surface area contributed by atoms with Crippen molar-refractivity contribution in [3.63, 3.8) is 0 Å². The zero-order valence-corrected chi connectivity index (χ0v) is 13.4. The molecule has 0 fully saturated rings. The average molecular weight is 362 g/mol. The number of aryl methyl sites for hydroxylation is 1. The van der Waals surface area contributed by atoms with Crippen LogP contribution in [0.3, 0.4) is 0 Å². The molecule has 0 spiro atoms. The Morgan fingerprint density at radius 2 is 2.04 bits per heavy atom. The van der Waals surface area contributed by atoms with E-state index in [-0.39, 0.29) is 16.6 Å². The van der Waals surface area contributed by atoms with Crippen molar-refractivity contribution in [1.82, 2.24) is 9.97 Å². The number of nitrogens with one attached hydrogen (secondary N) is 1. The Kier molecular flexibility index (Phi) is 5.48. The quantitative estimate of drug-likeness (QED) is 0.655. The van der Waals surface area contributed by atoms with E-state index in [4.69, 9.17) is 11.6 Å². The first-order chi connectivity index (χ1) is 10.7. The second kappa shape index (κ2) is 7.18. The van der Waals surface area contributed by atoms with Gasteiger partial charge in [-0.05, 0) is 31.2 Å². The van der Waals surface area contributed by atoms with Crippen molar-refractivity contribution in [2.45, 2.75) is 18.3 Å². The first-order valence-corrected chi connectivity index (χ1v) is 7.71. The lowest BCUT2D eigenvalue weighted by molar-refractivity contribution is -0.141. The Hall–Kier alpha value is -1.80. The molecule has 1 aromatic carbocycles. The van der Waals surface area contributed by atoms with Crippen LogP contribution in [0.1, 0.15) is 11.4 Å². The summed E-state index contributed by atoms with van der Waals surface area (Å²) in [7, 11) is 0. The molecule has 0 unspecified atom stereocenters. The summed E-state index contributed by atoms with van der Waals surface area (Å²) in [6.45, 7) is 1.44. The standard InChI is InChI=1S/C14H11ClF3N3OS/c1-8-5-11(14(16,17)18)21-13(19-8)23-7-12(22)20-10-4-2-3-9(15)6-10/h2-6H,7H2,1H3,(H,20,22). The minimum Gasteiger partial charge on any atom is -0.325 e. The van der Waals surface area contributed by atoms with E-state index in [1.54, 1.807) is 24.3 Å². The Bertz CT molecular complexity index is 725. The fourth-order valence-corrected chi connectivity index (χ4v) is 2.54. The number of carbonyl (C=O) groups excluding carboxylic acids is 1. The first kappa shape index (κ1) is 17.6. The number of alkyl halides is 3. The van der Waals surface area contributed by atoms with Gasteiger partial charge in [-0.15, -0.1) is 0 Å². The van der Waals surface area contributed by atoms with Crippen LogP contribution >= 0.6 is 23.4 Å². The van der Waals surface area contributed by atoms with E-state index in [2.05, 4.69) is 15.3 Å². The number of halogens is 4. The largest absolute Gasteiger partial charge is 0.433 e. The lowest BCUT2D eigenvalue weighted by atomic mass is 10.3. The van der Waals surface area contributed by atoms with Crippen molar-refractivity contribution in [3.8, 4) is 0 Å². The maximum Gasteiger partial charge on any atom is 0.433 e. The molecule has 4 nitrogen and oxygen atoms in total. The van der Waals surface area contributed by atoms with Crippen LogP contribution in [0.5, 0.6) is 0 Å². The molecule has 0 atom stereocenters. The summed E-state index contributed by atoms with van der Waals surface area (Å²) in [6, 6.07) is 7.40. The predicted molar refractivity (Wildman–Crippen MR) is 82.6 cm³/mol. The molecule has 0 bridgehead atoms. The fourth-order valence-electron chi connectivity index (χ4n) is 1.64. The number of nitrogens with zero attached hydrogens (tertiary/aromatic N) is 2. The maximum atomic E-state index is 12.7. The van der Waals surface area contributed by atoms with Gasteiger partial charge in [0.1, 0.15) is 5.69 Å².